The lowest BCUT2D eigenvalue weighted by atomic mass is 10.3. The molecule has 0 saturated heterocycles. The maximum absolute atomic E-state index is 5.35. The van der Waals surface area contributed by atoms with Crippen molar-refractivity contribution in [2.45, 2.75) is 40.0 Å². The van der Waals surface area contributed by atoms with Gasteiger partial charge in [0.15, 0.2) is 5.88 Å². The summed E-state index contributed by atoms with van der Waals surface area (Å²) < 4.78 is 5.35. The minimum absolute atomic E-state index is 1.03. The molecule has 13 heavy (non-hydrogen) atoms. The Morgan fingerprint density at radius 3 is 2.00 bits per heavy atom. The molecule has 0 aromatic carbocycles. The Morgan fingerprint density at radius 1 is 1.15 bits per heavy atom. The maximum atomic E-state index is 5.35. The first kappa shape index (κ1) is 12.3. The molecule has 2 heteroatoms. The third-order valence-electron chi connectivity index (χ3n) is 1.89. The largest absolute Gasteiger partial charge is 0.483 e. The van der Waals surface area contributed by atoms with Crippen molar-refractivity contribution < 1.29 is 4.74 Å². The first-order valence-electron chi connectivity index (χ1n) is 5.29. The third-order valence-corrected chi connectivity index (χ3v) is 1.89. The van der Waals surface area contributed by atoms with Crippen molar-refractivity contribution in [3.63, 3.8) is 0 Å². The van der Waals surface area contributed by atoms with Gasteiger partial charge < -0.3 is 9.64 Å². The van der Waals surface area contributed by atoms with Crippen LogP contribution in [0.1, 0.15) is 40.0 Å². The second kappa shape index (κ2) is 7.96. The highest BCUT2D eigenvalue weighted by Gasteiger charge is 2.06. The SMILES string of the molecule is CC/C=C(/OC)N(CCC)CCC. The van der Waals surface area contributed by atoms with Crippen LogP contribution < -0.4 is 0 Å². The molecule has 0 atom stereocenters. The minimum Gasteiger partial charge on any atom is -0.483 e. The van der Waals surface area contributed by atoms with Crippen LogP contribution in [0.4, 0.5) is 0 Å². The van der Waals surface area contributed by atoms with Crippen LogP contribution in [-0.4, -0.2) is 25.1 Å². The average Bonchev–Trinajstić information content (AvgIpc) is 2.14. The lowest BCUT2D eigenvalue weighted by Gasteiger charge is -2.25. The second-order valence-electron chi connectivity index (χ2n) is 3.14. The molecule has 0 heterocycles. The summed E-state index contributed by atoms with van der Waals surface area (Å²) in [4.78, 5) is 2.31. The predicted octanol–water partition coefficient (Wildman–Crippen LogP) is 3.01. The molecule has 0 amide bonds. The maximum Gasteiger partial charge on any atom is 0.184 e. The smallest absolute Gasteiger partial charge is 0.184 e. The molecular formula is C11H23NO. The van der Waals surface area contributed by atoms with Gasteiger partial charge in [-0.05, 0) is 25.3 Å². The Balaban J connectivity index is 4.20. The van der Waals surface area contributed by atoms with Crippen molar-refractivity contribution >= 4 is 0 Å². The number of hydrogen-bond donors (Lipinski definition) is 0. The van der Waals surface area contributed by atoms with Gasteiger partial charge in [-0.3, -0.25) is 0 Å². The van der Waals surface area contributed by atoms with E-state index in [1.54, 1.807) is 7.11 Å². The topological polar surface area (TPSA) is 12.5 Å². The van der Waals surface area contributed by atoms with Gasteiger partial charge in [-0.25, -0.2) is 0 Å². The van der Waals surface area contributed by atoms with Crippen LogP contribution >= 0.6 is 0 Å². The van der Waals surface area contributed by atoms with E-state index in [-0.39, 0.29) is 0 Å². The van der Waals surface area contributed by atoms with Crippen LogP contribution in [0.5, 0.6) is 0 Å². The third kappa shape index (κ3) is 4.81. The number of hydrogen-bond acceptors (Lipinski definition) is 2. The van der Waals surface area contributed by atoms with Crippen LogP contribution in [0.2, 0.25) is 0 Å². The van der Waals surface area contributed by atoms with Gasteiger partial charge in [0, 0.05) is 13.1 Å². The number of nitrogens with zero attached hydrogens (tertiary/aromatic N) is 1. The molecule has 0 rings (SSSR count). The van der Waals surface area contributed by atoms with Crippen molar-refractivity contribution in [2.24, 2.45) is 0 Å². The summed E-state index contributed by atoms with van der Waals surface area (Å²) in [6.45, 7) is 8.71. The first-order chi connectivity index (χ1) is 6.29. The molecule has 0 saturated carbocycles. The monoisotopic (exact) mass is 185 g/mol. The molecule has 0 aliphatic carbocycles. The first-order valence-corrected chi connectivity index (χ1v) is 5.29. The Kier molecular flexibility index (Phi) is 7.56. The number of allylic oxidation sites excluding steroid dienone is 1. The lowest BCUT2D eigenvalue weighted by Crippen LogP contribution is -2.25. The van der Waals surface area contributed by atoms with E-state index >= 15 is 0 Å². The molecule has 0 fully saturated rings. The molecule has 78 valence electrons. The van der Waals surface area contributed by atoms with Gasteiger partial charge in [-0.2, -0.15) is 0 Å². The van der Waals surface area contributed by atoms with Gasteiger partial charge >= 0.3 is 0 Å². The zero-order valence-corrected chi connectivity index (χ0v) is 9.47. The van der Waals surface area contributed by atoms with Crippen LogP contribution in [0, 0.1) is 0 Å². The quantitative estimate of drug-likeness (QED) is 0.565. The fourth-order valence-corrected chi connectivity index (χ4v) is 1.39. The summed E-state index contributed by atoms with van der Waals surface area (Å²) in [5, 5.41) is 0. The molecule has 0 spiro atoms. The van der Waals surface area contributed by atoms with Gasteiger partial charge in [0.05, 0.1) is 7.11 Å². The summed E-state index contributed by atoms with van der Waals surface area (Å²) in [6.07, 6.45) is 5.52. The predicted molar refractivity (Wildman–Crippen MR) is 57.5 cm³/mol. The van der Waals surface area contributed by atoms with Crippen molar-refractivity contribution in [3.8, 4) is 0 Å². The highest BCUT2D eigenvalue weighted by atomic mass is 16.5. The van der Waals surface area contributed by atoms with Crippen LogP contribution in [-0.2, 0) is 4.74 Å². The van der Waals surface area contributed by atoms with Gasteiger partial charge in [0.25, 0.3) is 0 Å². The van der Waals surface area contributed by atoms with E-state index in [1.165, 1.54) is 12.8 Å². The van der Waals surface area contributed by atoms with Gasteiger partial charge in [0.1, 0.15) is 0 Å². The van der Waals surface area contributed by atoms with Crippen LogP contribution in [0.15, 0.2) is 12.0 Å². The average molecular weight is 185 g/mol. The van der Waals surface area contributed by atoms with E-state index in [1.807, 2.05) is 0 Å². The highest BCUT2D eigenvalue weighted by molar-refractivity contribution is 4.91. The van der Waals surface area contributed by atoms with Crippen molar-refractivity contribution in [2.75, 3.05) is 20.2 Å². The highest BCUT2D eigenvalue weighted by Crippen LogP contribution is 2.07. The van der Waals surface area contributed by atoms with E-state index in [2.05, 4.69) is 31.7 Å². The Bertz CT molecular complexity index is 137. The van der Waals surface area contributed by atoms with E-state index in [4.69, 9.17) is 4.74 Å². The molecule has 0 aromatic rings. The Hall–Kier alpha value is -0.660. The summed E-state index contributed by atoms with van der Waals surface area (Å²) in [6, 6.07) is 0. The number of rotatable bonds is 7. The zero-order chi connectivity index (χ0) is 10.1. The van der Waals surface area contributed by atoms with E-state index in [0.717, 1.165) is 25.4 Å². The fraction of sp³-hybridized carbons (Fsp3) is 0.818. The van der Waals surface area contributed by atoms with Crippen LogP contribution in [0.25, 0.3) is 0 Å². The molecule has 0 N–H and O–H groups in total. The summed E-state index contributed by atoms with van der Waals surface area (Å²) >= 11 is 0. The summed E-state index contributed by atoms with van der Waals surface area (Å²) in [7, 11) is 1.75. The van der Waals surface area contributed by atoms with Gasteiger partial charge in [-0.1, -0.05) is 20.8 Å². The Labute approximate surface area is 82.6 Å². The lowest BCUT2D eigenvalue weighted by molar-refractivity contribution is 0.151. The van der Waals surface area contributed by atoms with E-state index < -0.39 is 0 Å². The Morgan fingerprint density at radius 2 is 1.69 bits per heavy atom. The molecular weight excluding hydrogens is 162 g/mol. The normalized spacial score (nSPS) is 11.5. The van der Waals surface area contributed by atoms with Gasteiger partial charge in [-0.15, -0.1) is 0 Å². The molecule has 0 aliphatic heterocycles. The molecule has 0 aliphatic rings. The molecule has 0 bridgehead atoms. The number of ether oxygens (including phenoxy) is 1. The van der Waals surface area contributed by atoms with Crippen molar-refractivity contribution in [1.82, 2.24) is 4.90 Å². The molecule has 0 radical (unpaired) electrons. The standard InChI is InChI=1S/C11H23NO/c1-5-8-11(13-4)12(9-6-2)10-7-3/h8H,5-7,9-10H2,1-4H3/b11-8+. The summed E-state index contributed by atoms with van der Waals surface area (Å²) in [5.74, 6) is 1.03. The number of methoxy groups -OCH3 is 1. The minimum atomic E-state index is 1.03. The fourth-order valence-electron chi connectivity index (χ4n) is 1.39. The summed E-state index contributed by atoms with van der Waals surface area (Å²) in [5.41, 5.74) is 0. The van der Waals surface area contributed by atoms with Crippen molar-refractivity contribution in [1.29, 1.82) is 0 Å². The van der Waals surface area contributed by atoms with Gasteiger partial charge in [0.2, 0.25) is 0 Å². The molecule has 2 nitrogen and oxygen atoms in total. The molecule has 0 unspecified atom stereocenters. The molecule has 0 aromatic heterocycles. The zero-order valence-electron chi connectivity index (χ0n) is 9.47. The van der Waals surface area contributed by atoms with E-state index in [0.29, 0.717) is 0 Å². The second-order valence-corrected chi connectivity index (χ2v) is 3.14. The van der Waals surface area contributed by atoms with Crippen molar-refractivity contribution in [3.05, 3.63) is 12.0 Å². The van der Waals surface area contributed by atoms with Crippen LogP contribution in [0.3, 0.4) is 0 Å². The van der Waals surface area contributed by atoms with E-state index in [9.17, 15) is 0 Å².